The molecule has 0 aliphatic heterocycles. The summed E-state index contributed by atoms with van der Waals surface area (Å²) in [4.78, 5) is 0. The average molecular weight is 579 g/mol. The van der Waals surface area contributed by atoms with Gasteiger partial charge in [0.15, 0.2) is 0 Å². The molecule has 3 aromatic carbocycles. The lowest BCUT2D eigenvalue weighted by molar-refractivity contribution is 0.433. The molecule has 0 heterocycles. The Morgan fingerprint density at radius 1 is 0.585 bits per heavy atom. The van der Waals surface area contributed by atoms with Crippen LogP contribution in [0.5, 0.6) is 0 Å². The first-order valence-corrected chi connectivity index (χ1v) is 19.9. The van der Waals surface area contributed by atoms with Crippen LogP contribution in [0.3, 0.4) is 0 Å². The number of hydrogen-bond acceptors (Lipinski definition) is 0. The quantitative estimate of drug-likeness (QED) is 0.234. The van der Waals surface area contributed by atoms with Gasteiger partial charge in [0, 0.05) is 0 Å². The van der Waals surface area contributed by atoms with Crippen LogP contribution in [0.1, 0.15) is 89.0 Å². The molecule has 0 spiro atoms. The third-order valence-corrected chi connectivity index (χ3v) is 19.1. The summed E-state index contributed by atoms with van der Waals surface area (Å²) >= 11 is 0. The Balaban J connectivity index is 1.16. The summed E-state index contributed by atoms with van der Waals surface area (Å²) in [6, 6.07) is 32.6. The second-order valence-corrected chi connectivity index (χ2v) is 19.7. The minimum atomic E-state index is -0.557. The van der Waals surface area contributed by atoms with Crippen molar-refractivity contribution < 1.29 is 0 Å². The lowest BCUT2D eigenvalue weighted by Crippen LogP contribution is -2.34. The molecule has 0 radical (unpaired) electrons. The zero-order valence-electron chi connectivity index (χ0n) is 25.0. The van der Waals surface area contributed by atoms with Gasteiger partial charge < -0.3 is 0 Å². The highest BCUT2D eigenvalue weighted by Crippen LogP contribution is 2.71. The van der Waals surface area contributed by atoms with E-state index in [4.69, 9.17) is 0 Å². The second-order valence-electron chi connectivity index (χ2n) is 14.4. The molecule has 0 nitrogen and oxygen atoms in total. The Kier molecular flexibility index (Phi) is 7.63. The topological polar surface area (TPSA) is 0 Å². The van der Waals surface area contributed by atoms with Gasteiger partial charge in [-0.05, 0) is 133 Å². The molecule has 5 saturated carbocycles. The van der Waals surface area contributed by atoms with Crippen LogP contribution in [0.4, 0.5) is 0 Å². The zero-order chi connectivity index (χ0) is 27.3. The van der Waals surface area contributed by atoms with Crippen LogP contribution in [0.25, 0.3) is 0 Å². The fraction of sp³-hybridized carbons (Fsp3) is 0.538. The number of fused-ring (bicyclic) bond motifs is 4. The summed E-state index contributed by atoms with van der Waals surface area (Å²) in [6.45, 7) is 2.80. The maximum atomic E-state index is 2.80. The van der Waals surface area contributed by atoms with Gasteiger partial charge in [-0.3, -0.25) is 0 Å². The highest BCUT2D eigenvalue weighted by Gasteiger charge is 2.53. The third kappa shape index (κ3) is 4.98. The Bertz CT molecular complexity index is 1250. The molecule has 5 aliphatic rings. The zero-order valence-corrected chi connectivity index (χ0v) is 26.7. The molecule has 0 amide bonds. The molecule has 41 heavy (non-hydrogen) atoms. The van der Waals surface area contributed by atoms with E-state index < -0.39 is 7.92 Å². The van der Waals surface area contributed by atoms with E-state index in [2.05, 4.69) is 91.9 Å². The molecule has 5 fully saturated rings. The third-order valence-electron chi connectivity index (χ3n) is 12.4. The Morgan fingerprint density at radius 3 is 1.68 bits per heavy atom. The Morgan fingerprint density at radius 2 is 1.15 bits per heavy atom. The molecule has 2 heteroatoms. The van der Waals surface area contributed by atoms with Crippen LogP contribution in [-0.2, 0) is 0 Å². The van der Waals surface area contributed by atoms with Gasteiger partial charge in [0.25, 0.3) is 0 Å². The van der Waals surface area contributed by atoms with Gasteiger partial charge in [-0.25, -0.2) is 0 Å². The molecule has 0 N–H and O–H groups in total. The Labute approximate surface area is 251 Å². The maximum absolute atomic E-state index is 2.80. The van der Waals surface area contributed by atoms with Crippen molar-refractivity contribution in [1.82, 2.24) is 0 Å². The van der Waals surface area contributed by atoms with Gasteiger partial charge in [0.05, 0.1) is 0 Å². The molecule has 4 bridgehead atoms. The van der Waals surface area contributed by atoms with Gasteiger partial charge in [0.1, 0.15) is 0 Å². The van der Waals surface area contributed by atoms with E-state index in [9.17, 15) is 0 Å². The second kappa shape index (κ2) is 11.5. The van der Waals surface area contributed by atoms with Crippen LogP contribution in [-0.4, -0.2) is 17.0 Å². The van der Waals surface area contributed by atoms with Crippen LogP contribution >= 0.6 is 15.8 Å². The molecule has 8 rings (SSSR count). The van der Waals surface area contributed by atoms with E-state index in [-0.39, 0.29) is 7.92 Å². The molecule has 3 unspecified atom stereocenters. The smallest absolute Gasteiger partial charge is 0.0116 e. The predicted molar refractivity (Wildman–Crippen MR) is 180 cm³/mol. The van der Waals surface area contributed by atoms with Gasteiger partial charge in [-0.2, -0.15) is 0 Å². The van der Waals surface area contributed by atoms with Crippen LogP contribution in [0.2, 0.25) is 0 Å². The monoisotopic (exact) mass is 578 g/mol. The predicted octanol–water partition coefficient (Wildman–Crippen LogP) is 9.58. The first-order chi connectivity index (χ1) is 20.2. The summed E-state index contributed by atoms with van der Waals surface area (Å²) in [6.07, 6.45) is 16.9. The van der Waals surface area contributed by atoms with Gasteiger partial charge in [0.2, 0.25) is 0 Å². The highest BCUT2D eigenvalue weighted by atomic mass is 31.1. The number of hydrogen-bond donors (Lipinski definition) is 0. The van der Waals surface area contributed by atoms with Crippen molar-refractivity contribution in [3.63, 3.8) is 0 Å². The van der Waals surface area contributed by atoms with Crippen molar-refractivity contribution >= 4 is 31.8 Å². The summed E-state index contributed by atoms with van der Waals surface area (Å²) in [5.41, 5.74) is 4.84. The van der Waals surface area contributed by atoms with Crippen LogP contribution < -0.4 is 15.9 Å². The number of benzene rings is 3. The first kappa shape index (κ1) is 27.1. The molecule has 0 saturated heterocycles. The molecule has 214 valence electrons. The summed E-state index contributed by atoms with van der Waals surface area (Å²) in [5.74, 6) is 5.96. The fourth-order valence-corrected chi connectivity index (χ4v) is 18.4. The highest BCUT2D eigenvalue weighted by molar-refractivity contribution is 7.79. The average Bonchev–Trinajstić information content (AvgIpc) is 3.86. The van der Waals surface area contributed by atoms with E-state index in [1.165, 1.54) is 29.9 Å². The summed E-state index contributed by atoms with van der Waals surface area (Å²) in [5, 5.41) is 4.62. The van der Waals surface area contributed by atoms with E-state index in [1.54, 1.807) is 62.2 Å². The summed E-state index contributed by atoms with van der Waals surface area (Å²) in [7, 11) is -0.446. The van der Waals surface area contributed by atoms with Gasteiger partial charge in [-0.1, -0.05) is 119 Å². The Hall–Kier alpha value is -1.48. The van der Waals surface area contributed by atoms with Gasteiger partial charge in [-0.15, -0.1) is 0 Å². The van der Waals surface area contributed by atoms with Crippen LogP contribution in [0, 0.1) is 29.6 Å². The largest absolute Gasteiger partial charge is 0.0965 e. The molecule has 3 aromatic rings. The minimum Gasteiger partial charge on any atom is -0.0965 e. The van der Waals surface area contributed by atoms with Gasteiger partial charge >= 0.3 is 0 Å². The molecule has 5 aliphatic carbocycles. The first-order valence-electron chi connectivity index (χ1n) is 17.0. The van der Waals surface area contributed by atoms with E-state index in [1.807, 2.05) is 0 Å². The lowest BCUT2D eigenvalue weighted by Gasteiger charge is -2.45. The van der Waals surface area contributed by atoms with Crippen molar-refractivity contribution in [2.75, 3.05) is 0 Å². The standard InChI is InChI=1S/C39H48P2/c1-27(40(38-25-28-19-21-30(38)23-28)39-26-29-20-22-31(39)24-29)34-16-10-17-35(34)36-15-8-9-18-37(36)41(32-11-4-2-5-12-32)33-13-6-3-7-14-33/h2-9,11-15,18,27-31,34-35,38-39H,10,16-17,19-26H2,1H3/t27-,28-,29+,30+,31-,34?,35?,38+,39+,40?/m0/s1. The van der Waals surface area contributed by atoms with Crippen molar-refractivity contribution in [3.8, 4) is 0 Å². The maximum Gasteiger partial charge on any atom is -0.0116 e. The van der Waals surface area contributed by atoms with Crippen molar-refractivity contribution in [2.45, 2.75) is 100 Å². The number of rotatable bonds is 8. The minimum absolute atomic E-state index is 0.111. The van der Waals surface area contributed by atoms with Crippen molar-refractivity contribution in [3.05, 3.63) is 90.5 Å². The normalized spacial score (nSPS) is 35.4. The van der Waals surface area contributed by atoms with E-state index in [0.717, 1.165) is 52.5 Å². The SMILES string of the molecule is C[C@@H](C1CCCC1c1ccccc1P(c1ccccc1)c1ccccc1)P([C@@H]1C[C@H]2CC[C@@H]1C2)[C@@H]1C[C@@H]2CC[C@H]1C2. The molecule has 10 atom stereocenters. The van der Waals surface area contributed by atoms with Crippen molar-refractivity contribution in [1.29, 1.82) is 0 Å². The van der Waals surface area contributed by atoms with Crippen LogP contribution in [0.15, 0.2) is 84.9 Å². The lowest BCUT2D eigenvalue weighted by atomic mass is 9.87. The molecular weight excluding hydrogens is 530 g/mol. The summed E-state index contributed by atoms with van der Waals surface area (Å²) < 4.78 is 0. The van der Waals surface area contributed by atoms with E-state index >= 15 is 0 Å². The van der Waals surface area contributed by atoms with Crippen molar-refractivity contribution in [2.24, 2.45) is 29.6 Å². The molecule has 0 aromatic heterocycles. The van der Waals surface area contributed by atoms with E-state index in [0.29, 0.717) is 0 Å². The molecular formula is C39H48P2. The fourth-order valence-electron chi connectivity index (χ4n) is 10.8.